The van der Waals surface area contributed by atoms with Crippen molar-refractivity contribution >= 4 is 5.96 Å². The van der Waals surface area contributed by atoms with Crippen LogP contribution >= 0.6 is 0 Å². The molecule has 1 aromatic carbocycles. The predicted molar refractivity (Wildman–Crippen MR) is 91.7 cm³/mol. The van der Waals surface area contributed by atoms with Gasteiger partial charge in [0.15, 0.2) is 5.96 Å². The molecule has 0 aliphatic carbocycles. The fourth-order valence-electron chi connectivity index (χ4n) is 2.88. The van der Waals surface area contributed by atoms with Gasteiger partial charge in [0.2, 0.25) is 0 Å². The van der Waals surface area contributed by atoms with Crippen molar-refractivity contribution in [2.75, 3.05) is 47.4 Å². The normalized spacial score (nSPS) is 19.2. The largest absolute Gasteiger partial charge is 0.496 e. The molecule has 1 aliphatic heterocycles. The Morgan fingerprint density at radius 1 is 1.36 bits per heavy atom. The molecule has 1 atom stereocenters. The summed E-state index contributed by atoms with van der Waals surface area (Å²) >= 11 is 0. The number of nitrogens with zero attached hydrogens (tertiary/aromatic N) is 2. The van der Waals surface area contributed by atoms with E-state index in [2.05, 4.69) is 33.6 Å². The second-order valence-corrected chi connectivity index (χ2v) is 5.86. The summed E-state index contributed by atoms with van der Waals surface area (Å²) in [7, 11) is 5.71. The van der Waals surface area contributed by atoms with Crippen LogP contribution in [0, 0.1) is 5.92 Å². The zero-order valence-corrected chi connectivity index (χ0v) is 13.9. The summed E-state index contributed by atoms with van der Waals surface area (Å²) in [5.74, 6) is 2.54. The molecule has 0 aromatic heterocycles. The first-order valence-corrected chi connectivity index (χ1v) is 7.98. The van der Waals surface area contributed by atoms with Gasteiger partial charge in [-0.2, -0.15) is 0 Å². The maximum Gasteiger partial charge on any atom is 0.190 e. The van der Waals surface area contributed by atoms with E-state index in [0.29, 0.717) is 0 Å². The summed E-state index contributed by atoms with van der Waals surface area (Å²) in [6, 6.07) is 8.14. The standard InChI is InChI=1S/C17H28N4O/c1-18-17(20-12-14-9-11-21(2)13-14)19-10-8-15-6-4-5-7-16(15)22-3/h4-7,14H,8-13H2,1-3H3,(H2,18,19,20). The number of guanidine groups is 1. The number of benzene rings is 1. The number of likely N-dealkylation sites (tertiary alicyclic amines) is 1. The average molecular weight is 304 g/mol. The highest BCUT2D eigenvalue weighted by molar-refractivity contribution is 5.79. The number of hydrogen-bond donors (Lipinski definition) is 2. The molecule has 0 bridgehead atoms. The summed E-state index contributed by atoms with van der Waals surface area (Å²) < 4.78 is 5.38. The lowest BCUT2D eigenvalue weighted by atomic mass is 10.1. The van der Waals surface area contributed by atoms with E-state index in [1.165, 1.54) is 25.1 Å². The van der Waals surface area contributed by atoms with Crippen LogP contribution in [0.3, 0.4) is 0 Å². The van der Waals surface area contributed by atoms with Crippen molar-refractivity contribution in [3.63, 3.8) is 0 Å². The molecule has 22 heavy (non-hydrogen) atoms. The number of hydrogen-bond acceptors (Lipinski definition) is 3. The van der Waals surface area contributed by atoms with Gasteiger partial charge >= 0.3 is 0 Å². The van der Waals surface area contributed by atoms with Gasteiger partial charge < -0.3 is 20.3 Å². The Bertz CT molecular complexity index is 489. The maximum atomic E-state index is 5.38. The van der Waals surface area contributed by atoms with Crippen molar-refractivity contribution in [3.05, 3.63) is 29.8 Å². The number of aliphatic imine (C=N–C) groups is 1. The second-order valence-electron chi connectivity index (χ2n) is 5.86. The quantitative estimate of drug-likeness (QED) is 0.615. The zero-order valence-electron chi connectivity index (χ0n) is 13.9. The second kappa shape index (κ2) is 8.63. The van der Waals surface area contributed by atoms with Gasteiger partial charge in [0.1, 0.15) is 5.75 Å². The Kier molecular flexibility index (Phi) is 6.52. The Morgan fingerprint density at radius 3 is 2.86 bits per heavy atom. The van der Waals surface area contributed by atoms with Gasteiger partial charge in [-0.05, 0) is 44.0 Å². The van der Waals surface area contributed by atoms with E-state index in [4.69, 9.17) is 4.74 Å². The van der Waals surface area contributed by atoms with E-state index in [9.17, 15) is 0 Å². The third-order valence-electron chi connectivity index (χ3n) is 4.15. The smallest absolute Gasteiger partial charge is 0.190 e. The Balaban J connectivity index is 1.72. The van der Waals surface area contributed by atoms with Gasteiger partial charge in [0.25, 0.3) is 0 Å². The van der Waals surface area contributed by atoms with E-state index in [-0.39, 0.29) is 0 Å². The molecular weight excluding hydrogens is 276 g/mol. The van der Waals surface area contributed by atoms with Crippen molar-refractivity contribution in [2.45, 2.75) is 12.8 Å². The van der Waals surface area contributed by atoms with Crippen molar-refractivity contribution in [1.82, 2.24) is 15.5 Å². The molecule has 5 heteroatoms. The van der Waals surface area contributed by atoms with Crippen LogP contribution in [-0.2, 0) is 6.42 Å². The number of nitrogens with one attached hydrogen (secondary N) is 2. The highest BCUT2D eigenvalue weighted by Crippen LogP contribution is 2.17. The lowest BCUT2D eigenvalue weighted by molar-refractivity contribution is 0.394. The molecular formula is C17H28N4O. The number of para-hydroxylation sites is 1. The molecule has 1 fully saturated rings. The molecule has 0 spiro atoms. The Morgan fingerprint density at radius 2 is 2.18 bits per heavy atom. The molecule has 1 heterocycles. The molecule has 1 unspecified atom stereocenters. The minimum Gasteiger partial charge on any atom is -0.496 e. The SMILES string of the molecule is CN=C(NCCc1ccccc1OC)NCC1CCN(C)C1. The minimum atomic E-state index is 0.720. The first-order valence-electron chi connectivity index (χ1n) is 7.98. The predicted octanol–water partition coefficient (Wildman–Crippen LogP) is 1.35. The van der Waals surface area contributed by atoms with Gasteiger partial charge in [-0.25, -0.2) is 0 Å². The molecule has 5 nitrogen and oxygen atoms in total. The summed E-state index contributed by atoms with van der Waals surface area (Å²) in [4.78, 5) is 6.67. The zero-order chi connectivity index (χ0) is 15.8. The molecule has 1 saturated heterocycles. The van der Waals surface area contributed by atoms with Gasteiger partial charge in [-0.3, -0.25) is 4.99 Å². The van der Waals surface area contributed by atoms with Gasteiger partial charge in [0, 0.05) is 26.7 Å². The highest BCUT2D eigenvalue weighted by Gasteiger charge is 2.19. The van der Waals surface area contributed by atoms with Crippen molar-refractivity contribution in [2.24, 2.45) is 10.9 Å². The van der Waals surface area contributed by atoms with Crippen LogP contribution in [0.5, 0.6) is 5.75 Å². The van der Waals surface area contributed by atoms with E-state index < -0.39 is 0 Å². The first-order chi connectivity index (χ1) is 10.7. The summed E-state index contributed by atoms with van der Waals surface area (Å²) in [5.41, 5.74) is 1.21. The van der Waals surface area contributed by atoms with Crippen LogP contribution in [0.4, 0.5) is 0 Å². The molecule has 1 aromatic rings. The Labute approximate surface area is 133 Å². The summed E-state index contributed by atoms with van der Waals surface area (Å²) in [6.07, 6.45) is 2.18. The van der Waals surface area contributed by atoms with Crippen molar-refractivity contribution in [1.29, 1.82) is 0 Å². The fraction of sp³-hybridized carbons (Fsp3) is 0.588. The fourth-order valence-corrected chi connectivity index (χ4v) is 2.88. The molecule has 122 valence electrons. The molecule has 1 aliphatic rings. The molecule has 2 rings (SSSR count). The number of rotatable bonds is 6. The van der Waals surface area contributed by atoms with Crippen molar-refractivity contribution < 1.29 is 4.74 Å². The number of methoxy groups -OCH3 is 1. The molecule has 0 saturated carbocycles. The van der Waals surface area contributed by atoms with Gasteiger partial charge in [-0.1, -0.05) is 18.2 Å². The van der Waals surface area contributed by atoms with E-state index >= 15 is 0 Å². The van der Waals surface area contributed by atoms with Gasteiger partial charge in [-0.15, -0.1) is 0 Å². The third kappa shape index (κ3) is 4.91. The number of ether oxygens (including phenoxy) is 1. The Hall–Kier alpha value is -1.75. The van der Waals surface area contributed by atoms with E-state index in [1.54, 1.807) is 7.11 Å². The van der Waals surface area contributed by atoms with Crippen LogP contribution in [0.25, 0.3) is 0 Å². The summed E-state index contributed by atoms with van der Waals surface area (Å²) in [6.45, 7) is 4.20. The first kappa shape index (κ1) is 16.6. The topological polar surface area (TPSA) is 48.9 Å². The van der Waals surface area contributed by atoms with Crippen LogP contribution in [0.1, 0.15) is 12.0 Å². The molecule has 0 radical (unpaired) electrons. The average Bonchev–Trinajstić information content (AvgIpc) is 2.96. The van der Waals surface area contributed by atoms with Crippen LogP contribution in [0.15, 0.2) is 29.3 Å². The molecule has 0 amide bonds. The van der Waals surface area contributed by atoms with Gasteiger partial charge in [0.05, 0.1) is 7.11 Å². The monoisotopic (exact) mass is 304 g/mol. The van der Waals surface area contributed by atoms with E-state index in [0.717, 1.165) is 37.1 Å². The summed E-state index contributed by atoms with van der Waals surface area (Å²) in [5, 5.41) is 6.80. The third-order valence-corrected chi connectivity index (χ3v) is 4.15. The minimum absolute atomic E-state index is 0.720. The van der Waals surface area contributed by atoms with Crippen molar-refractivity contribution in [3.8, 4) is 5.75 Å². The lowest BCUT2D eigenvalue weighted by Gasteiger charge is -2.16. The van der Waals surface area contributed by atoms with E-state index in [1.807, 2.05) is 25.2 Å². The molecule has 2 N–H and O–H groups in total. The lowest BCUT2D eigenvalue weighted by Crippen LogP contribution is -2.41. The maximum absolute atomic E-state index is 5.38. The van der Waals surface area contributed by atoms with Crippen LogP contribution in [-0.4, -0.2) is 58.2 Å². The highest BCUT2D eigenvalue weighted by atomic mass is 16.5. The van der Waals surface area contributed by atoms with Crippen LogP contribution in [0.2, 0.25) is 0 Å². The van der Waals surface area contributed by atoms with Crippen LogP contribution < -0.4 is 15.4 Å².